The lowest BCUT2D eigenvalue weighted by atomic mass is 10.2. The van der Waals surface area contributed by atoms with Gasteiger partial charge in [0.15, 0.2) is 0 Å². The van der Waals surface area contributed by atoms with Gasteiger partial charge >= 0.3 is 0 Å². The van der Waals surface area contributed by atoms with Gasteiger partial charge in [0.1, 0.15) is 5.75 Å². The van der Waals surface area contributed by atoms with Crippen LogP contribution >= 0.6 is 0 Å². The predicted octanol–water partition coefficient (Wildman–Crippen LogP) is 3.30. The number of halogens is 1. The van der Waals surface area contributed by atoms with Gasteiger partial charge in [0, 0.05) is 6.21 Å². The molecule has 82 valence electrons. The van der Waals surface area contributed by atoms with Crippen molar-refractivity contribution in [3.8, 4) is 5.75 Å². The van der Waals surface area contributed by atoms with Crippen molar-refractivity contribution < 1.29 is 9.81 Å². The average molecular weight is 217 g/mol. The summed E-state index contributed by atoms with van der Waals surface area (Å²) in [5.74, 6) is 0.258. The second-order valence-electron chi connectivity index (χ2n) is 3.19. The second kappa shape index (κ2) is 5.66. The molecular formula is C13H12FNO. The first-order valence-corrected chi connectivity index (χ1v) is 4.73. The zero-order chi connectivity index (χ0) is 10.5. The molecule has 2 rings (SSSR count). The summed E-state index contributed by atoms with van der Waals surface area (Å²) in [5.41, 5.74) is 1.89. The van der Waals surface area contributed by atoms with Crippen LogP contribution in [0.25, 0.3) is 0 Å². The Balaban J connectivity index is 0.00000128. The molecule has 0 unspecified atom stereocenters. The van der Waals surface area contributed by atoms with E-state index in [1.807, 2.05) is 30.3 Å². The molecule has 0 bridgehead atoms. The van der Waals surface area contributed by atoms with Gasteiger partial charge in [-0.05, 0) is 29.8 Å². The van der Waals surface area contributed by atoms with Crippen LogP contribution in [0.3, 0.4) is 0 Å². The van der Waals surface area contributed by atoms with Crippen molar-refractivity contribution in [3.05, 3.63) is 60.2 Å². The molecule has 0 aliphatic heterocycles. The van der Waals surface area contributed by atoms with Crippen molar-refractivity contribution in [3.63, 3.8) is 0 Å². The molecule has 0 aromatic heterocycles. The summed E-state index contributed by atoms with van der Waals surface area (Å²) in [7, 11) is 0. The molecule has 0 saturated carbocycles. The highest BCUT2D eigenvalue weighted by molar-refractivity contribution is 5.81. The fraction of sp³-hybridized carbons (Fsp3) is 0. The SMILES string of the molecule is F.Oc1ccc(N=Cc2ccccc2)cc1. The molecule has 1 N–H and O–H groups in total. The molecule has 0 radical (unpaired) electrons. The maximum absolute atomic E-state index is 9.09. The molecule has 3 heteroatoms. The first-order valence-electron chi connectivity index (χ1n) is 4.73. The van der Waals surface area contributed by atoms with Crippen molar-refractivity contribution in [1.82, 2.24) is 0 Å². The normalized spacial score (nSPS) is 10.0. The van der Waals surface area contributed by atoms with Crippen molar-refractivity contribution >= 4 is 11.9 Å². The smallest absolute Gasteiger partial charge is 0.115 e. The van der Waals surface area contributed by atoms with E-state index in [0.717, 1.165) is 11.3 Å². The van der Waals surface area contributed by atoms with E-state index in [9.17, 15) is 0 Å². The van der Waals surface area contributed by atoms with E-state index in [0.29, 0.717) is 0 Å². The third-order valence-corrected chi connectivity index (χ3v) is 2.01. The molecule has 0 aliphatic carbocycles. The number of phenolic OH excluding ortho intramolecular Hbond substituents is 1. The molecule has 0 saturated heterocycles. The lowest BCUT2D eigenvalue weighted by Gasteiger charge is -1.94. The van der Waals surface area contributed by atoms with Gasteiger partial charge < -0.3 is 5.11 Å². The average Bonchev–Trinajstić information content (AvgIpc) is 2.30. The summed E-state index contributed by atoms with van der Waals surface area (Å²) in [4.78, 5) is 4.28. The summed E-state index contributed by atoms with van der Waals surface area (Å²) < 4.78 is 0. The molecule has 2 aromatic carbocycles. The van der Waals surface area contributed by atoms with Crippen LogP contribution in [-0.2, 0) is 0 Å². The Morgan fingerprint density at radius 2 is 1.50 bits per heavy atom. The Labute approximate surface area is 93.3 Å². The summed E-state index contributed by atoms with van der Waals surface area (Å²) in [5, 5.41) is 9.09. The highest BCUT2D eigenvalue weighted by atomic mass is 19.0. The zero-order valence-electron chi connectivity index (χ0n) is 8.58. The van der Waals surface area contributed by atoms with Crippen molar-refractivity contribution in [2.75, 3.05) is 0 Å². The molecule has 2 nitrogen and oxygen atoms in total. The van der Waals surface area contributed by atoms with Gasteiger partial charge in [-0.3, -0.25) is 9.70 Å². The number of hydrogen-bond acceptors (Lipinski definition) is 2. The van der Waals surface area contributed by atoms with E-state index >= 15 is 0 Å². The highest BCUT2D eigenvalue weighted by Gasteiger charge is 1.89. The first-order chi connectivity index (χ1) is 7.34. The quantitative estimate of drug-likeness (QED) is 0.769. The van der Waals surface area contributed by atoms with Crippen molar-refractivity contribution in [1.29, 1.82) is 0 Å². The van der Waals surface area contributed by atoms with E-state index in [1.165, 1.54) is 0 Å². The first kappa shape index (κ1) is 11.9. The van der Waals surface area contributed by atoms with Crippen molar-refractivity contribution in [2.45, 2.75) is 0 Å². The Morgan fingerprint density at radius 1 is 0.875 bits per heavy atom. The van der Waals surface area contributed by atoms with Gasteiger partial charge in [-0.15, -0.1) is 0 Å². The topological polar surface area (TPSA) is 32.6 Å². The van der Waals surface area contributed by atoms with E-state index in [1.54, 1.807) is 30.5 Å². The van der Waals surface area contributed by atoms with Gasteiger partial charge in [-0.1, -0.05) is 30.3 Å². The minimum absolute atomic E-state index is 0. The lowest BCUT2D eigenvalue weighted by molar-refractivity contribution is 0.475. The lowest BCUT2D eigenvalue weighted by Crippen LogP contribution is -1.77. The number of rotatable bonds is 2. The van der Waals surface area contributed by atoms with Crippen LogP contribution in [0, 0.1) is 0 Å². The highest BCUT2D eigenvalue weighted by Crippen LogP contribution is 2.16. The van der Waals surface area contributed by atoms with E-state index in [-0.39, 0.29) is 10.5 Å². The van der Waals surface area contributed by atoms with E-state index in [2.05, 4.69) is 4.99 Å². The standard InChI is InChI=1S/C13H11NO.FH/c15-13-8-6-12(7-9-13)14-10-11-4-2-1-3-5-11;/h1-10,15H;1H. The number of hydrogen-bond donors (Lipinski definition) is 1. The largest absolute Gasteiger partial charge is 0.508 e. The summed E-state index contributed by atoms with van der Waals surface area (Å²) >= 11 is 0. The van der Waals surface area contributed by atoms with Gasteiger partial charge in [0.25, 0.3) is 0 Å². The van der Waals surface area contributed by atoms with E-state index in [4.69, 9.17) is 5.11 Å². The maximum Gasteiger partial charge on any atom is 0.115 e. The number of phenols is 1. The van der Waals surface area contributed by atoms with Gasteiger partial charge in [-0.25, -0.2) is 0 Å². The van der Waals surface area contributed by atoms with Crippen LogP contribution in [0.4, 0.5) is 10.4 Å². The fourth-order valence-corrected chi connectivity index (χ4v) is 1.23. The molecule has 0 spiro atoms. The molecule has 0 atom stereocenters. The molecular weight excluding hydrogens is 205 g/mol. The van der Waals surface area contributed by atoms with Gasteiger partial charge in [0.2, 0.25) is 0 Å². The number of aromatic hydroxyl groups is 1. The Morgan fingerprint density at radius 3 is 2.12 bits per heavy atom. The Bertz CT molecular complexity index is 451. The van der Waals surface area contributed by atoms with Crippen LogP contribution in [0.1, 0.15) is 5.56 Å². The van der Waals surface area contributed by atoms with E-state index < -0.39 is 0 Å². The Kier molecular flexibility index (Phi) is 4.21. The van der Waals surface area contributed by atoms with Crippen LogP contribution in [0.15, 0.2) is 59.6 Å². The maximum atomic E-state index is 9.09. The molecule has 0 aliphatic rings. The number of benzene rings is 2. The number of nitrogens with zero attached hydrogens (tertiary/aromatic N) is 1. The zero-order valence-corrected chi connectivity index (χ0v) is 8.58. The summed E-state index contributed by atoms with van der Waals surface area (Å²) in [6.45, 7) is 0. The predicted molar refractivity (Wildman–Crippen MR) is 64.3 cm³/mol. The molecule has 2 aromatic rings. The monoisotopic (exact) mass is 217 g/mol. The minimum Gasteiger partial charge on any atom is -0.508 e. The third kappa shape index (κ3) is 3.20. The second-order valence-corrected chi connectivity index (χ2v) is 3.19. The van der Waals surface area contributed by atoms with Crippen LogP contribution in [-0.4, -0.2) is 11.3 Å². The Hall–Kier alpha value is -2.16. The van der Waals surface area contributed by atoms with Crippen LogP contribution < -0.4 is 0 Å². The van der Waals surface area contributed by atoms with Crippen molar-refractivity contribution in [2.24, 2.45) is 4.99 Å². The number of aliphatic imine (C=N–C) groups is 1. The summed E-state index contributed by atoms with van der Waals surface area (Å²) in [6, 6.07) is 16.7. The van der Waals surface area contributed by atoms with Gasteiger partial charge in [0.05, 0.1) is 5.69 Å². The van der Waals surface area contributed by atoms with Gasteiger partial charge in [-0.2, -0.15) is 0 Å². The molecule has 0 heterocycles. The summed E-state index contributed by atoms with van der Waals surface area (Å²) in [6.07, 6.45) is 1.80. The third-order valence-electron chi connectivity index (χ3n) is 2.01. The molecule has 16 heavy (non-hydrogen) atoms. The van der Waals surface area contributed by atoms with Crippen LogP contribution in [0.2, 0.25) is 0 Å². The minimum atomic E-state index is 0. The fourth-order valence-electron chi connectivity index (χ4n) is 1.23. The van der Waals surface area contributed by atoms with Crippen LogP contribution in [0.5, 0.6) is 5.75 Å². The molecule has 0 fully saturated rings. The molecule has 0 amide bonds.